The number of nitrogens with one attached hydrogen (secondary N) is 1. The van der Waals surface area contributed by atoms with Crippen LogP contribution >= 0.6 is 0 Å². The van der Waals surface area contributed by atoms with Gasteiger partial charge in [0.1, 0.15) is 5.82 Å². The maximum absolute atomic E-state index is 15.1. The zero-order valence-electron chi connectivity index (χ0n) is 20.1. The molecule has 7 nitrogen and oxygen atoms in total. The first kappa shape index (κ1) is 24.5. The van der Waals surface area contributed by atoms with Gasteiger partial charge in [-0.25, -0.2) is 9.18 Å². The molecule has 0 radical (unpaired) electrons. The van der Waals surface area contributed by atoms with Gasteiger partial charge in [-0.15, -0.1) is 0 Å². The summed E-state index contributed by atoms with van der Waals surface area (Å²) in [6.07, 6.45) is 10.5. The Hall–Kier alpha value is -2.64. The van der Waals surface area contributed by atoms with Gasteiger partial charge >= 0.3 is 11.7 Å². The molecule has 1 aromatic carbocycles. The molecule has 0 saturated heterocycles. The molecule has 1 N–H and O–H groups in total. The van der Waals surface area contributed by atoms with Crippen LogP contribution in [-0.2, 0) is 16.1 Å². The number of esters is 1. The van der Waals surface area contributed by atoms with E-state index >= 15 is 4.39 Å². The summed E-state index contributed by atoms with van der Waals surface area (Å²) in [7, 11) is 0. The Morgan fingerprint density at radius 1 is 1.06 bits per heavy atom. The van der Waals surface area contributed by atoms with Gasteiger partial charge in [0.2, 0.25) is 0 Å². The Morgan fingerprint density at radius 3 is 2.47 bits per heavy atom. The van der Waals surface area contributed by atoms with Crippen molar-refractivity contribution in [3.8, 4) is 0 Å². The molecule has 2 aromatic rings. The van der Waals surface area contributed by atoms with E-state index in [9.17, 15) is 14.4 Å². The highest BCUT2D eigenvalue weighted by Gasteiger charge is 2.25. The molecule has 0 bridgehead atoms. The van der Waals surface area contributed by atoms with E-state index in [1.165, 1.54) is 17.1 Å². The molecule has 2 aliphatic carbocycles. The van der Waals surface area contributed by atoms with Crippen molar-refractivity contribution in [3.63, 3.8) is 0 Å². The van der Waals surface area contributed by atoms with Crippen molar-refractivity contribution < 1.29 is 13.9 Å². The highest BCUT2D eigenvalue weighted by molar-refractivity contribution is 5.82. The fraction of sp³-hybridized carbons (Fsp3) is 0.654. The van der Waals surface area contributed by atoms with Gasteiger partial charge in [0.25, 0.3) is 5.56 Å². The number of rotatable bonds is 9. The highest BCUT2D eigenvalue weighted by atomic mass is 19.1. The third kappa shape index (κ3) is 5.36. The molecule has 4 rings (SSSR count). The first-order valence-electron chi connectivity index (χ1n) is 12.9. The van der Waals surface area contributed by atoms with Crippen molar-refractivity contribution >= 4 is 22.6 Å². The number of carbonyl (C=O) groups excluding carboxylic acids is 1. The van der Waals surface area contributed by atoms with Gasteiger partial charge in [-0.1, -0.05) is 32.1 Å². The van der Waals surface area contributed by atoms with Crippen LogP contribution in [0.4, 0.5) is 10.1 Å². The molecule has 0 atom stereocenters. The van der Waals surface area contributed by atoms with Crippen molar-refractivity contribution in [3.05, 3.63) is 38.8 Å². The zero-order valence-corrected chi connectivity index (χ0v) is 20.1. The Bertz CT molecular complexity index is 1130. The SMILES string of the molecule is CCOC(=O)CCCCn1c(=O)c2cc(F)c(NC3CCCCC3)cc2n(C2CCCC2)c1=O. The number of anilines is 1. The highest BCUT2D eigenvalue weighted by Crippen LogP contribution is 2.32. The van der Waals surface area contributed by atoms with E-state index in [1.807, 2.05) is 0 Å². The monoisotopic (exact) mass is 473 g/mol. The van der Waals surface area contributed by atoms with Crippen LogP contribution in [0.2, 0.25) is 0 Å². The maximum Gasteiger partial charge on any atom is 0.331 e. The van der Waals surface area contributed by atoms with E-state index in [2.05, 4.69) is 5.32 Å². The summed E-state index contributed by atoms with van der Waals surface area (Å²) >= 11 is 0. The van der Waals surface area contributed by atoms with Gasteiger partial charge in [0, 0.05) is 25.0 Å². The lowest BCUT2D eigenvalue weighted by molar-refractivity contribution is -0.143. The van der Waals surface area contributed by atoms with E-state index in [1.54, 1.807) is 17.6 Å². The third-order valence-corrected chi connectivity index (χ3v) is 7.23. The quantitative estimate of drug-likeness (QED) is 0.414. The van der Waals surface area contributed by atoms with Crippen LogP contribution in [-0.4, -0.2) is 27.8 Å². The molecule has 186 valence electrons. The van der Waals surface area contributed by atoms with Crippen LogP contribution in [0.3, 0.4) is 0 Å². The molecule has 34 heavy (non-hydrogen) atoms. The Kier molecular flexibility index (Phi) is 8.06. The summed E-state index contributed by atoms with van der Waals surface area (Å²) in [5.74, 6) is -0.738. The van der Waals surface area contributed by atoms with Crippen LogP contribution in [0.5, 0.6) is 0 Å². The lowest BCUT2D eigenvalue weighted by Gasteiger charge is -2.25. The molecule has 0 unspecified atom stereocenters. The molecule has 2 aliphatic rings. The number of nitrogens with zero attached hydrogens (tertiary/aromatic N) is 2. The number of fused-ring (bicyclic) bond motifs is 1. The second kappa shape index (κ2) is 11.2. The van der Waals surface area contributed by atoms with E-state index in [4.69, 9.17) is 4.74 Å². The zero-order chi connectivity index (χ0) is 24.1. The Labute approximate surface area is 199 Å². The van der Waals surface area contributed by atoms with Crippen LogP contribution in [0.25, 0.3) is 10.9 Å². The predicted molar refractivity (Wildman–Crippen MR) is 131 cm³/mol. The summed E-state index contributed by atoms with van der Waals surface area (Å²) in [4.78, 5) is 38.4. The number of hydrogen-bond donors (Lipinski definition) is 1. The standard InChI is InChI=1S/C26H36FN3O4/c1-2-34-24(31)14-8-9-15-29-25(32)20-16-21(27)22(28-18-10-4-3-5-11-18)17-23(20)30(26(29)33)19-12-6-7-13-19/h16-19,28H,2-15H2,1H3. The van der Waals surface area contributed by atoms with Gasteiger partial charge in [0.05, 0.1) is 23.2 Å². The number of hydrogen-bond acceptors (Lipinski definition) is 5. The molecule has 0 aliphatic heterocycles. The second-order valence-electron chi connectivity index (χ2n) is 9.64. The van der Waals surface area contributed by atoms with Crippen LogP contribution in [0.15, 0.2) is 21.7 Å². The lowest BCUT2D eigenvalue weighted by atomic mass is 9.95. The first-order chi connectivity index (χ1) is 16.5. The Morgan fingerprint density at radius 2 is 1.76 bits per heavy atom. The van der Waals surface area contributed by atoms with Gasteiger partial charge in [-0.2, -0.15) is 0 Å². The van der Waals surface area contributed by atoms with Crippen LogP contribution in [0.1, 0.15) is 90.0 Å². The summed E-state index contributed by atoms with van der Waals surface area (Å²) in [5, 5.41) is 3.57. The first-order valence-corrected chi connectivity index (χ1v) is 12.9. The number of halogens is 1. The Balaban J connectivity index is 1.68. The minimum absolute atomic E-state index is 0.00868. The fourth-order valence-corrected chi connectivity index (χ4v) is 5.46. The molecular formula is C26H36FN3O4. The second-order valence-corrected chi connectivity index (χ2v) is 9.64. The average molecular weight is 474 g/mol. The van der Waals surface area contributed by atoms with E-state index < -0.39 is 11.4 Å². The minimum atomic E-state index is -0.464. The van der Waals surface area contributed by atoms with Crippen LogP contribution < -0.4 is 16.6 Å². The van der Waals surface area contributed by atoms with E-state index in [-0.39, 0.29) is 42.1 Å². The largest absolute Gasteiger partial charge is 0.466 e. The molecule has 8 heteroatoms. The number of carbonyl (C=O) groups is 1. The van der Waals surface area contributed by atoms with Crippen molar-refractivity contribution in [2.24, 2.45) is 0 Å². The number of ether oxygens (including phenoxy) is 1. The summed E-state index contributed by atoms with van der Waals surface area (Å²) < 4.78 is 23.0. The molecule has 2 fully saturated rings. The van der Waals surface area contributed by atoms with Crippen molar-refractivity contribution in [2.75, 3.05) is 11.9 Å². The summed E-state index contributed by atoms with van der Waals surface area (Å²) in [5.41, 5.74) is 0.0887. The van der Waals surface area contributed by atoms with E-state index in [0.29, 0.717) is 30.7 Å². The topological polar surface area (TPSA) is 82.3 Å². The summed E-state index contributed by atoms with van der Waals surface area (Å²) in [6.45, 7) is 2.29. The lowest BCUT2D eigenvalue weighted by Crippen LogP contribution is -2.41. The number of aromatic nitrogens is 2. The van der Waals surface area contributed by atoms with E-state index in [0.717, 1.165) is 51.4 Å². The van der Waals surface area contributed by atoms with Crippen molar-refractivity contribution in [1.29, 1.82) is 0 Å². The molecule has 0 spiro atoms. The summed E-state index contributed by atoms with van der Waals surface area (Å²) in [6, 6.07) is 3.19. The smallest absolute Gasteiger partial charge is 0.331 e. The average Bonchev–Trinajstić information content (AvgIpc) is 3.35. The normalized spacial score (nSPS) is 17.4. The third-order valence-electron chi connectivity index (χ3n) is 7.23. The molecule has 1 aromatic heterocycles. The van der Waals surface area contributed by atoms with Gasteiger partial charge in [-0.3, -0.25) is 18.7 Å². The number of benzene rings is 1. The molecular weight excluding hydrogens is 437 g/mol. The molecule has 1 heterocycles. The fourth-order valence-electron chi connectivity index (χ4n) is 5.46. The minimum Gasteiger partial charge on any atom is -0.466 e. The molecule has 0 amide bonds. The van der Waals surface area contributed by atoms with Crippen molar-refractivity contribution in [2.45, 2.75) is 103 Å². The number of unbranched alkanes of at least 4 members (excludes halogenated alkanes) is 1. The van der Waals surface area contributed by atoms with Gasteiger partial charge in [-0.05, 0) is 57.6 Å². The molecule has 2 saturated carbocycles. The maximum atomic E-state index is 15.1. The van der Waals surface area contributed by atoms with Gasteiger partial charge < -0.3 is 10.1 Å². The predicted octanol–water partition coefficient (Wildman–Crippen LogP) is 4.90. The van der Waals surface area contributed by atoms with Crippen LogP contribution in [0, 0.1) is 5.82 Å². The van der Waals surface area contributed by atoms with Gasteiger partial charge in [0.15, 0.2) is 0 Å². The van der Waals surface area contributed by atoms with Crippen molar-refractivity contribution in [1.82, 2.24) is 9.13 Å².